The lowest BCUT2D eigenvalue weighted by Gasteiger charge is -2.14. The molecule has 0 bridgehead atoms. The van der Waals surface area contributed by atoms with Crippen molar-refractivity contribution in [2.24, 2.45) is 0 Å². The van der Waals surface area contributed by atoms with E-state index in [-0.39, 0.29) is 17.3 Å². The molecule has 4 aromatic carbocycles. The molecule has 218 valence electrons. The van der Waals surface area contributed by atoms with Crippen molar-refractivity contribution in [3.8, 4) is 0 Å². The highest BCUT2D eigenvalue weighted by molar-refractivity contribution is 8.00. The third kappa shape index (κ3) is 8.40. The number of benzene rings is 4. The molecule has 3 N–H and O–H groups in total. The molecule has 9 nitrogen and oxygen atoms in total. The highest BCUT2D eigenvalue weighted by Gasteiger charge is 2.18. The van der Waals surface area contributed by atoms with Crippen molar-refractivity contribution in [1.29, 1.82) is 0 Å². The Labute approximate surface area is 253 Å². The van der Waals surface area contributed by atoms with Gasteiger partial charge in [0.15, 0.2) is 0 Å². The maximum absolute atomic E-state index is 13.3. The Morgan fingerprint density at radius 3 is 2.19 bits per heavy atom. The zero-order valence-electron chi connectivity index (χ0n) is 23.8. The monoisotopic (exact) mass is 594 g/mol. The van der Waals surface area contributed by atoms with Gasteiger partial charge >= 0.3 is 0 Å². The van der Waals surface area contributed by atoms with E-state index in [1.54, 1.807) is 80.6 Å². The van der Waals surface area contributed by atoms with Crippen LogP contribution in [0.1, 0.15) is 34.0 Å². The largest absolute Gasteiger partial charge is 0.325 e. The Morgan fingerprint density at radius 2 is 1.51 bits per heavy atom. The number of aryl methyl sites for hydroxylation is 2. The number of hydrogen-bond donors (Lipinski definition) is 3. The summed E-state index contributed by atoms with van der Waals surface area (Å²) < 4.78 is 0. The number of nitro groups is 1. The van der Waals surface area contributed by atoms with Gasteiger partial charge in [-0.25, -0.2) is 0 Å². The predicted octanol–water partition coefficient (Wildman–Crippen LogP) is 6.74. The molecule has 0 aliphatic carbocycles. The topological polar surface area (TPSA) is 130 Å². The van der Waals surface area contributed by atoms with Crippen molar-refractivity contribution in [2.75, 3.05) is 10.6 Å². The maximum Gasteiger partial charge on any atom is 0.272 e. The van der Waals surface area contributed by atoms with Gasteiger partial charge in [0.1, 0.15) is 5.70 Å². The highest BCUT2D eigenvalue weighted by atomic mass is 32.2. The normalized spacial score (nSPS) is 11.7. The number of rotatable bonds is 10. The summed E-state index contributed by atoms with van der Waals surface area (Å²) in [4.78, 5) is 50.4. The average molecular weight is 595 g/mol. The van der Waals surface area contributed by atoms with Gasteiger partial charge in [0, 0.05) is 28.3 Å². The van der Waals surface area contributed by atoms with Crippen LogP contribution in [0.3, 0.4) is 0 Å². The zero-order valence-corrected chi connectivity index (χ0v) is 24.6. The van der Waals surface area contributed by atoms with E-state index in [2.05, 4.69) is 16.0 Å². The van der Waals surface area contributed by atoms with Crippen LogP contribution in [0.4, 0.5) is 17.1 Å². The number of carbonyl (C=O) groups is 3. The summed E-state index contributed by atoms with van der Waals surface area (Å²) in [5.41, 5.74) is 3.75. The van der Waals surface area contributed by atoms with E-state index in [4.69, 9.17) is 0 Å². The molecule has 3 amide bonds. The molecule has 0 spiro atoms. The van der Waals surface area contributed by atoms with Gasteiger partial charge in [0.05, 0.1) is 15.9 Å². The van der Waals surface area contributed by atoms with Crippen LogP contribution in [0.5, 0.6) is 0 Å². The second-order valence-electron chi connectivity index (χ2n) is 9.72. The molecule has 0 heterocycles. The van der Waals surface area contributed by atoms with E-state index in [1.165, 1.54) is 23.9 Å². The van der Waals surface area contributed by atoms with Crippen molar-refractivity contribution >= 4 is 52.6 Å². The van der Waals surface area contributed by atoms with Crippen LogP contribution < -0.4 is 16.0 Å². The van der Waals surface area contributed by atoms with E-state index in [1.807, 2.05) is 31.2 Å². The van der Waals surface area contributed by atoms with Crippen LogP contribution in [0.2, 0.25) is 0 Å². The van der Waals surface area contributed by atoms with Crippen molar-refractivity contribution < 1.29 is 19.3 Å². The first-order valence-corrected chi connectivity index (χ1v) is 14.3. The Kier molecular flexibility index (Phi) is 10.1. The van der Waals surface area contributed by atoms with Gasteiger partial charge in [-0.3, -0.25) is 24.5 Å². The van der Waals surface area contributed by atoms with E-state index < -0.39 is 22.0 Å². The fourth-order valence-electron chi connectivity index (χ4n) is 4.01. The van der Waals surface area contributed by atoms with Crippen LogP contribution in [-0.4, -0.2) is 27.9 Å². The summed E-state index contributed by atoms with van der Waals surface area (Å²) in [5, 5.41) is 18.9. The highest BCUT2D eigenvalue weighted by Crippen LogP contribution is 2.27. The molecule has 0 aliphatic heterocycles. The molecule has 4 rings (SSSR count). The first-order valence-electron chi connectivity index (χ1n) is 13.4. The average Bonchev–Trinajstić information content (AvgIpc) is 3.00. The molecular formula is C33H30N4O5S. The lowest BCUT2D eigenvalue weighted by atomic mass is 10.1. The molecule has 0 fully saturated rings. The van der Waals surface area contributed by atoms with Crippen LogP contribution in [0.25, 0.3) is 6.08 Å². The summed E-state index contributed by atoms with van der Waals surface area (Å²) in [6.45, 7) is 5.42. The Balaban J connectivity index is 1.43. The second kappa shape index (κ2) is 14.1. The van der Waals surface area contributed by atoms with Gasteiger partial charge in [-0.2, -0.15) is 0 Å². The van der Waals surface area contributed by atoms with Crippen molar-refractivity contribution in [1.82, 2.24) is 5.32 Å². The van der Waals surface area contributed by atoms with Crippen LogP contribution >= 0.6 is 11.8 Å². The number of thioether (sulfide) groups is 1. The lowest BCUT2D eigenvalue weighted by molar-refractivity contribution is -0.384. The summed E-state index contributed by atoms with van der Waals surface area (Å²) >= 11 is 1.30. The van der Waals surface area contributed by atoms with Crippen LogP contribution in [0, 0.1) is 24.0 Å². The Morgan fingerprint density at radius 1 is 0.837 bits per heavy atom. The SMILES string of the molecule is Cc1ccccc1/C=C(\NC(=O)c1ccccc1)C(=O)Nc1ccc(SC(C)C(=O)Nc2cc([N+](=O)[O-])ccc2C)cc1. The molecule has 10 heteroatoms. The van der Waals surface area contributed by atoms with Crippen molar-refractivity contribution in [3.63, 3.8) is 0 Å². The summed E-state index contributed by atoms with van der Waals surface area (Å²) in [6.07, 6.45) is 1.64. The number of amides is 3. The standard InChI is InChI=1S/C33H30N4O5S/c1-21-9-7-8-12-25(21)19-30(36-32(39)24-10-5-4-6-11-24)33(40)34-26-14-17-28(18-15-26)43-23(3)31(38)35-29-20-27(37(41)42)16-13-22(29)2/h4-20,23H,1-3H3,(H,34,40)(H,35,38)(H,36,39)/b30-19-. The van der Waals surface area contributed by atoms with E-state index in [9.17, 15) is 24.5 Å². The number of nitrogens with zero attached hydrogens (tertiary/aromatic N) is 1. The van der Waals surface area contributed by atoms with E-state index in [0.717, 1.165) is 16.0 Å². The smallest absolute Gasteiger partial charge is 0.272 e. The fraction of sp³-hybridized carbons (Fsp3) is 0.121. The van der Waals surface area contributed by atoms with Gasteiger partial charge in [-0.05, 0) is 79.9 Å². The van der Waals surface area contributed by atoms with Gasteiger partial charge in [-0.1, -0.05) is 48.5 Å². The second-order valence-corrected chi connectivity index (χ2v) is 11.1. The Hall–Kier alpha value is -5.22. The first-order chi connectivity index (χ1) is 20.6. The number of anilines is 2. The van der Waals surface area contributed by atoms with Crippen molar-refractivity contribution in [2.45, 2.75) is 30.9 Å². The number of nitro benzene ring substituents is 1. The molecule has 0 saturated carbocycles. The minimum atomic E-state index is -0.508. The maximum atomic E-state index is 13.3. The lowest BCUT2D eigenvalue weighted by Crippen LogP contribution is -2.30. The third-order valence-corrected chi connectivity index (χ3v) is 7.61. The molecule has 0 saturated heterocycles. The quantitative estimate of drug-likeness (QED) is 0.0807. The van der Waals surface area contributed by atoms with Crippen LogP contribution in [-0.2, 0) is 9.59 Å². The van der Waals surface area contributed by atoms with Gasteiger partial charge in [0.25, 0.3) is 17.5 Å². The number of nitrogens with one attached hydrogen (secondary N) is 3. The molecule has 1 unspecified atom stereocenters. The third-order valence-electron chi connectivity index (χ3n) is 6.50. The van der Waals surface area contributed by atoms with E-state index >= 15 is 0 Å². The van der Waals surface area contributed by atoms with Crippen LogP contribution in [0.15, 0.2) is 108 Å². The molecule has 0 aromatic heterocycles. The number of hydrogen-bond acceptors (Lipinski definition) is 6. The molecule has 4 aromatic rings. The first kappa shape index (κ1) is 30.7. The summed E-state index contributed by atoms with van der Waals surface area (Å²) in [7, 11) is 0. The number of carbonyl (C=O) groups excluding carboxylic acids is 3. The van der Waals surface area contributed by atoms with E-state index in [0.29, 0.717) is 22.5 Å². The summed E-state index contributed by atoms with van der Waals surface area (Å²) in [5.74, 6) is -1.20. The Bertz CT molecular complexity index is 1690. The minimum Gasteiger partial charge on any atom is -0.325 e. The molecule has 43 heavy (non-hydrogen) atoms. The van der Waals surface area contributed by atoms with Crippen molar-refractivity contribution in [3.05, 3.63) is 135 Å². The molecule has 0 aliphatic rings. The van der Waals surface area contributed by atoms with Gasteiger partial charge in [0.2, 0.25) is 5.91 Å². The molecule has 1 atom stereocenters. The summed E-state index contributed by atoms with van der Waals surface area (Å²) in [6, 6.07) is 27.5. The van der Waals surface area contributed by atoms with Gasteiger partial charge in [-0.15, -0.1) is 11.8 Å². The molecular weight excluding hydrogens is 564 g/mol. The predicted molar refractivity (Wildman–Crippen MR) is 170 cm³/mol. The molecule has 0 radical (unpaired) electrons. The van der Waals surface area contributed by atoms with Gasteiger partial charge < -0.3 is 16.0 Å². The fourth-order valence-corrected chi connectivity index (χ4v) is 4.88. The number of non-ortho nitro benzene ring substituents is 1. The zero-order chi connectivity index (χ0) is 30.9. The minimum absolute atomic E-state index is 0.0864.